The maximum absolute atomic E-state index is 13.7. The second-order valence-corrected chi connectivity index (χ2v) is 7.32. The summed E-state index contributed by atoms with van der Waals surface area (Å²) in [6.45, 7) is -0.196. The fraction of sp³-hybridized carbons (Fsp3) is 0.364. The number of nitriles is 1. The van der Waals surface area contributed by atoms with Crippen LogP contribution in [-0.2, 0) is 4.79 Å². The Balaban J connectivity index is 1.71. The predicted octanol–water partition coefficient (Wildman–Crippen LogP) is 3.47. The molecule has 1 saturated heterocycles. The normalized spacial score (nSPS) is 24.6. The molecule has 0 unspecified atom stereocenters. The number of carbonyl (C=O) groups excluding carboxylic acids is 1. The third kappa shape index (κ3) is 2.90. The fourth-order valence-electron chi connectivity index (χ4n) is 4.26. The lowest BCUT2D eigenvalue weighted by Crippen LogP contribution is -2.66. The van der Waals surface area contributed by atoms with E-state index in [0.29, 0.717) is 0 Å². The van der Waals surface area contributed by atoms with Gasteiger partial charge in [-0.1, -0.05) is 42.8 Å². The topological polar surface area (TPSA) is 64.3 Å². The van der Waals surface area contributed by atoms with Gasteiger partial charge < -0.3 is 10.0 Å². The number of aliphatic hydroxyl groups excluding tert-OH is 1. The molecular weight excluding hydrogens is 343 g/mol. The quantitative estimate of drug-likeness (QED) is 0.903. The molecule has 1 N–H and O–H groups in total. The molecule has 1 saturated carbocycles. The van der Waals surface area contributed by atoms with Crippen molar-refractivity contribution in [3.05, 3.63) is 59.9 Å². The molecular formula is C22H21FN2O2. The zero-order valence-corrected chi connectivity index (χ0v) is 14.9. The summed E-state index contributed by atoms with van der Waals surface area (Å²) < 4.78 is 13.7. The van der Waals surface area contributed by atoms with Crippen molar-refractivity contribution >= 4 is 5.91 Å². The van der Waals surface area contributed by atoms with Crippen LogP contribution in [0.1, 0.15) is 30.7 Å². The first kappa shape index (κ1) is 17.7. The Morgan fingerprint density at radius 2 is 2.00 bits per heavy atom. The Labute approximate surface area is 157 Å². The van der Waals surface area contributed by atoms with E-state index >= 15 is 0 Å². The number of likely N-dealkylation sites (tertiary alicyclic amines) is 1. The van der Waals surface area contributed by atoms with Gasteiger partial charge in [-0.2, -0.15) is 5.26 Å². The van der Waals surface area contributed by atoms with Crippen LogP contribution in [0.25, 0.3) is 11.1 Å². The molecule has 2 aliphatic rings. The molecule has 1 aliphatic carbocycles. The summed E-state index contributed by atoms with van der Waals surface area (Å²) in [7, 11) is 0. The SMILES string of the molecule is N#C[C@H]1[C@@H](c2ccccc2-c2cccc(F)c2)[C@H](CO)N1C(=O)C1CCC1. The van der Waals surface area contributed by atoms with Crippen LogP contribution >= 0.6 is 0 Å². The first-order valence-electron chi connectivity index (χ1n) is 9.33. The number of nitrogens with zero attached hydrogens (tertiary/aromatic N) is 2. The molecule has 4 rings (SSSR count). The maximum Gasteiger partial charge on any atom is 0.227 e. The standard InChI is InChI=1S/C22H21FN2O2/c23-16-8-4-7-15(11-16)17-9-1-2-10-18(17)21-19(12-24)25(20(21)13-26)22(27)14-5-3-6-14/h1-2,4,7-11,14,19-21,26H,3,5-6,13H2/t19-,20-,21+/m0/s1. The molecule has 0 radical (unpaired) electrons. The summed E-state index contributed by atoms with van der Waals surface area (Å²) >= 11 is 0. The number of carbonyl (C=O) groups is 1. The monoisotopic (exact) mass is 364 g/mol. The van der Waals surface area contributed by atoms with Crippen LogP contribution in [0.15, 0.2) is 48.5 Å². The van der Waals surface area contributed by atoms with Crippen molar-refractivity contribution < 1.29 is 14.3 Å². The van der Waals surface area contributed by atoms with Gasteiger partial charge in [-0.3, -0.25) is 4.79 Å². The minimum atomic E-state index is -0.607. The summed E-state index contributed by atoms with van der Waals surface area (Å²) in [4.78, 5) is 14.3. The van der Waals surface area contributed by atoms with E-state index in [0.717, 1.165) is 36.0 Å². The van der Waals surface area contributed by atoms with Crippen LogP contribution in [0, 0.1) is 23.1 Å². The molecule has 2 fully saturated rings. The number of benzene rings is 2. The third-order valence-electron chi connectivity index (χ3n) is 5.90. The van der Waals surface area contributed by atoms with Gasteiger partial charge >= 0.3 is 0 Å². The fourth-order valence-corrected chi connectivity index (χ4v) is 4.26. The third-order valence-corrected chi connectivity index (χ3v) is 5.90. The summed E-state index contributed by atoms with van der Waals surface area (Å²) in [6, 6.07) is 15.1. The second kappa shape index (κ2) is 7.13. The summed E-state index contributed by atoms with van der Waals surface area (Å²) in [5.74, 6) is -0.655. The van der Waals surface area contributed by atoms with Gasteiger partial charge in [0, 0.05) is 11.8 Å². The van der Waals surface area contributed by atoms with Gasteiger partial charge in [-0.15, -0.1) is 0 Å². The Morgan fingerprint density at radius 1 is 1.22 bits per heavy atom. The number of aliphatic hydroxyl groups is 1. The number of halogens is 1. The molecule has 0 spiro atoms. The van der Waals surface area contributed by atoms with Crippen LogP contribution in [0.2, 0.25) is 0 Å². The second-order valence-electron chi connectivity index (χ2n) is 7.32. The van der Waals surface area contributed by atoms with Gasteiger partial charge in [0.1, 0.15) is 11.9 Å². The minimum absolute atomic E-state index is 0.0192. The highest BCUT2D eigenvalue weighted by Crippen LogP contribution is 2.46. The maximum atomic E-state index is 13.7. The molecule has 1 heterocycles. The largest absolute Gasteiger partial charge is 0.394 e. The zero-order chi connectivity index (χ0) is 19.0. The summed E-state index contributed by atoms with van der Waals surface area (Å²) in [5.41, 5.74) is 2.42. The molecule has 2 aromatic rings. The minimum Gasteiger partial charge on any atom is -0.394 e. The molecule has 2 aromatic carbocycles. The van der Waals surface area contributed by atoms with Crippen LogP contribution in [0.3, 0.4) is 0 Å². The van der Waals surface area contributed by atoms with Crippen molar-refractivity contribution in [1.82, 2.24) is 4.90 Å². The first-order chi connectivity index (χ1) is 13.2. The Morgan fingerprint density at radius 3 is 2.63 bits per heavy atom. The van der Waals surface area contributed by atoms with Crippen molar-refractivity contribution in [2.24, 2.45) is 5.92 Å². The Kier molecular flexibility index (Phi) is 4.67. The highest BCUT2D eigenvalue weighted by atomic mass is 19.1. The van der Waals surface area contributed by atoms with E-state index in [1.54, 1.807) is 11.0 Å². The van der Waals surface area contributed by atoms with Gasteiger partial charge in [-0.05, 0) is 41.7 Å². The molecule has 0 bridgehead atoms. The molecule has 138 valence electrons. The molecule has 3 atom stereocenters. The van der Waals surface area contributed by atoms with Gasteiger partial charge in [0.2, 0.25) is 5.91 Å². The van der Waals surface area contributed by atoms with Gasteiger partial charge in [0.05, 0.1) is 18.7 Å². The van der Waals surface area contributed by atoms with Crippen molar-refractivity contribution in [3.63, 3.8) is 0 Å². The average Bonchev–Trinajstić information content (AvgIpc) is 2.60. The van der Waals surface area contributed by atoms with Crippen molar-refractivity contribution in [2.45, 2.75) is 37.3 Å². The lowest BCUT2D eigenvalue weighted by molar-refractivity contribution is -0.154. The number of amides is 1. The van der Waals surface area contributed by atoms with Gasteiger partial charge in [-0.25, -0.2) is 4.39 Å². The van der Waals surface area contributed by atoms with E-state index in [-0.39, 0.29) is 30.2 Å². The highest BCUT2D eigenvalue weighted by Gasteiger charge is 2.53. The van der Waals surface area contributed by atoms with Crippen molar-refractivity contribution in [1.29, 1.82) is 5.26 Å². The van der Waals surface area contributed by atoms with Crippen LogP contribution in [0.5, 0.6) is 0 Å². The van der Waals surface area contributed by atoms with E-state index < -0.39 is 12.1 Å². The van der Waals surface area contributed by atoms with E-state index in [9.17, 15) is 19.6 Å². The van der Waals surface area contributed by atoms with E-state index in [2.05, 4.69) is 6.07 Å². The zero-order valence-electron chi connectivity index (χ0n) is 14.9. The van der Waals surface area contributed by atoms with Gasteiger partial charge in [0.25, 0.3) is 0 Å². The van der Waals surface area contributed by atoms with E-state index in [4.69, 9.17) is 0 Å². The summed E-state index contributed by atoms with van der Waals surface area (Å²) in [6.07, 6.45) is 2.75. The molecule has 27 heavy (non-hydrogen) atoms. The lowest BCUT2D eigenvalue weighted by atomic mass is 9.71. The Hall–Kier alpha value is -2.71. The van der Waals surface area contributed by atoms with Gasteiger partial charge in [0.15, 0.2) is 0 Å². The first-order valence-corrected chi connectivity index (χ1v) is 9.33. The molecule has 5 heteroatoms. The molecule has 1 aliphatic heterocycles. The van der Waals surface area contributed by atoms with Crippen LogP contribution in [0.4, 0.5) is 4.39 Å². The van der Waals surface area contributed by atoms with E-state index in [1.807, 2.05) is 30.3 Å². The number of rotatable bonds is 4. The average molecular weight is 364 g/mol. The number of hydrogen-bond donors (Lipinski definition) is 1. The smallest absolute Gasteiger partial charge is 0.227 e. The van der Waals surface area contributed by atoms with Crippen molar-refractivity contribution in [3.8, 4) is 17.2 Å². The van der Waals surface area contributed by atoms with Crippen LogP contribution in [-0.4, -0.2) is 34.6 Å². The van der Waals surface area contributed by atoms with E-state index in [1.165, 1.54) is 12.1 Å². The highest BCUT2D eigenvalue weighted by molar-refractivity contribution is 5.83. The summed E-state index contributed by atoms with van der Waals surface area (Å²) in [5, 5.41) is 19.7. The van der Waals surface area contributed by atoms with Crippen LogP contribution < -0.4 is 0 Å². The molecule has 0 aromatic heterocycles. The molecule has 4 nitrogen and oxygen atoms in total. The molecule has 1 amide bonds. The lowest BCUT2D eigenvalue weighted by Gasteiger charge is -2.53. The number of hydrogen-bond acceptors (Lipinski definition) is 3. The van der Waals surface area contributed by atoms with Crippen molar-refractivity contribution in [2.75, 3.05) is 6.61 Å². The Bertz CT molecular complexity index is 903. The predicted molar refractivity (Wildman–Crippen MR) is 99.0 cm³/mol.